The Morgan fingerprint density at radius 1 is 0.882 bits per heavy atom. The summed E-state index contributed by atoms with van der Waals surface area (Å²) in [5, 5.41) is 6.78. The van der Waals surface area contributed by atoms with Crippen LogP contribution >= 0.6 is 12.2 Å². The van der Waals surface area contributed by atoms with Gasteiger partial charge in [0.2, 0.25) is 5.95 Å². The van der Waals surface area contributed by atoms with E-state index in [2.05, 4.69) is 50.8 Å². The van der Waals surface area contributed by atoms with E-state index in [1.807, 2.05) is 0 Å². The van der Waals surface area contributed by atoms with E-state index >= 15 is 0 Å². The van der Waals surface area contributed by atoms with E-state index in [9.17, 15) is 4.39 Å². The maximum absolute atomic E-state index is 13.2. The molecule has 0 amide bonds. The Bertz CT molecular complexity index is 1150. The molecule has 3 heterocycles. The van der Waals surface area contributed by atoms with E-state index in [-0.39, 0.29) is 5.82 Å². The molecule has 1 aromatic heterocycles. The van der Waals surface area contributed by atoms with Crippen LogP contribution in [0.5, 0.6) is 0 Å². The van der Waals surface area contributed by atoms with Crippen LogP contribution in [0.25, 0.3) is 0 Å². The number of hydrogen-bond donors (Lipinski definition) is 2. The van der Waals surface area contributed by atoms with Gasteiger partial charge in [-0.3, -0.25) is 0 Å². The molecule has 8 heteroatoms. The average molecular weight is 477 g/mol. The van der Waals surface area contributed by atoms with Gasteiger partial charge < -0.3 is 20.4 Å². The summed E-state index contributed by atoms with van der Waals surface area (Å²) in [7, 11) is 0. The van der Waals surface area contributed by atoms with Crippen LogP contribution in [0.15, 0.2) is 54.6 Å². The van der Waals surface area contributed by atoms with Crippen molar-refractivity contribution < 1.29 is 4.39 Å². The Morgan fingerprint density at radius 3 is 2.35 bits per heavy atom. The highest BCUT2D eigenvalue weighted by Gasteiger charge is 2.21. The molecule has 0 aliphatic carbocycles. The number of benzene rings is 2. The number of thiocarbonyl (C=S) groups is 1. The van der Waals surface area contributed by atoms with Crippen LogP contribution in [-0.4, -0.2) is 34.7 Å². The average Bonchev–Trinajstić information content (AvgIpc) is 2.88. The van der Waals surface area contributed by atoms with Crippen molar-refractivity contribution in [3.05, 3.63) is 77.1 Å². The molecule has 5 rings (SSSR count). The third-order valence-corrected chi connectivity index (χ3v) is 6.67. The first-order valence-corrected chi connectivity index (χ1v) is 12.3. The van der Waals surface area contributed by atoms with E-state index in [0.717, 1.165) is 49.8 Å². The molecule has 2 N–H and O–H groups in total. The van der Waals surface area contributed by atoms with E-state index in [0.29, 0.717) is 17.6 Å². The van der Waals surface area contributed by atoms with Gasteiger partial charge in [-0.25, -0.2) is 4.39 Å². The second-order valence-corrected chi connectivity index (χ2v) is 9.24. The van der Waals surface area contributed by atoms with Crippen molar-refractivity contribution in [1.29, 1.82) is 0 Å². The molecule has 1 fully saturated rings. The highest BCUT2D eigenvalue weighted by Crippen LogP contribution is 2.28. The van der Waals surface area contributed by atoms with Gasteiger partial charge in [0.25, 0.3) is 0 Å². The van der Waals surface area contributed by atoms with Crippen molar-refractivity contribution in [2.45, 2.75) is 38.8 Å². The van der Waals surface area contributed by atoms with Crippen molar-refractivity contribution in [2.75, 3.05) is 34.8 Å². The fraction of sp³-hybridized carbons (Fsp3) is 0.346. The number of piperidine rings is 1. The molecule has 2 aliphatic heterocycles. The van der Waals surface area contributed by atoms with Gasteiger partial charge in [-0.2, -0.15) is 9.97 Å². The lowest BCUT2D eigenvalue weighted by atomic mass is 10.00. The standard InChI is InChI=1S/C26H29FN6S/c27-22-10-8-19(9-11-22)17-28-26(34)31-25-29-23(32-13-4-1-5-14-32)16-24(30-25)33-15-12-20-6-2-3-7-21(20)18-33/h2-3,6-11,16H,1,4-5,12-15,17-18H2,(H2,28,29,30,31,34). The zero-order valence-electron chi connectivity index (χ0n) is 19.1. The first kappa shape index (κ1) is 22.5. The number of nitrogens with one attached hydrogen (secondary N) is 2. The fourth-order valence-corrected chi connectivity index (χ4v) is 4.71. The second kappa shape index (κ2) is 10.3. The molecular weight excluding hydrogens is 447 g/mol. The zero-order valence-corrected chi connectivity index (χ0v) is 20.0. The molecule has 0 unspecified atom stereocenters. The van der Waals surface area contributed by atoms with Crippen LogP contribution in [0.2, 0.25) is 0 Å². The normalized spacial score (nSPS) is 15.6. The van der Waals surface area contributed by atoms with Crippen LogP contribution in [0.4, 0.5) is 22.0 Å². The summed E-state index contributed by atoms with van der Waals surface area (Å²) in [6.07, 6.45) is 4.62. The quantitative estimate of drug-likeness (QED) is 0.520. The number of anilines is 3. The molecule has 0 atom stereocenters. The minimum absolute atomic E-state index is 0.250. The van der Waals surface area contributed by atoms with Crippen molar-refractivity contribution in [3.8, 4) is 0 Å². The van der Waals surface area contributed by atoms with Crippen molar-refractivity contribution in [3.63, 3.8) is 0 Å². The van der Waals surface area contributed by atoms with Crippen molar-refractivity contribution in [2.24, 2.45) is 0 Å². The maximum Gasteiger partial charge on any atom is 0.232 e. The van der Waals surface area contributed by atoms with Gasteiger partial charge in [0.15, 0.2) is 5.11 Å². The third kappa shape index (κ3) is 5.44. The summed E-state index contributed by atoms with van der Waals surface area (Å²) in [6, 6.07) is 17.1. The number of nitrogens with zero attached hydrogens (tertiary/aromatic N) is 4. The lowest BCUT2D eigenvalue weighted by Gasteiger charge is -2.32. The first-order chi connectivity index (χ1) is 16.6. The summed E-state index contributed by atoms with van der Waals surface area (Å²) in [6.45, 7) is 4.26. The van der Waals surface area contributed by atoms with E-state index in [1.165, 1.54) is 42.5 Å². The molecule has 3 aromatic rings. The largest absolute Gasteiger partial charge is 0.358 e. The molecule has 2 aromatic carbocycles. The lowest BCUT2D eigenvalue weighted by molar-refractivity contribution is 0.573. The fourth-order valence-electron chi connectivity index (χ4n) is 4.55. The molecular formula is C26H29FN6S. The molecule has 0 bridgehead atoms. The molecule has 0 radical (unpaired) electrons. The first-order valence-electron chi connectivity index (χ1n) is 11.9. The molecule has 0 spiro atoms. The third-order valence-electron chi connectivity index (χ3n) is 6.43. The summed E-state index contributed by atoms with van der Waals surface area (Å²) in [5.74, 6) is 2.09. The van der Waals surface area contributed by atoms with Gasteiger partial charge in [0, 0.05) is 38.8 Å². The minimum Gasteiger partial charge on any atom is -0.358 e. The summed E-state index contributed by atoms with van der Waals surface area (Å²) >= 11 is 5.51. The number of halogens is 1. The molecule has 176 valence electrons. The minimum atomic E-state index is -0.250. The monoisotopic (exact) mass is 476 g/mol. The highest BCUT2D eigenvalue weighted by atomic mass is 32.1. The zero-order chi connectivity index (χ0) is 23.3. The number of rotatable bonds is 5. The number of fused-ring (bicyclic) bond motifs is 1. The summed E-state index contributed by atoms with van der Waals surface area (Å²) in [5.41, 5.74) is 3.70. The van der Waals surface area contributed by atoms with Crippen LogP contribution in [0, 0.1) is 5.82 Å². The Labute approximate surface area is 205 Å². The van der Waals surface area contributed by atoms with Crippen molar-refractivity contribution >= 4 is 34.9 Å². The lowest BCUT2D eigenvalue weighted by Crippen LogP contribution is -2.34. The Morgan fingerprint density at radius 2 is 1.59 bits per heavy atom. The van der Waals surface area contributed by atoms with E-state index < -0.39 is 0 Å². The summed E-state index contributed by atoms with van der Waals surface area (Å²) in [4.78, 5) is 14.3. The summed E-state index contributed by atoms with van der Waals surface area (Å²) < 4.78 is 13.2. The Balaban J connectivity index is 1.34. The Hall–Kier alpha value is -3.26. The van der Waals surface area contributed by atoms with Gasteiger partial charge in [-0.15, -0.1) is 0 Å². The van der Waals surface area contributed by atoms with Crippen LogP contribution in [0.3, 0.4) is 0 Å². The van der Waals surface area contributed by atoms with Gasteiger partial charge in [-0.1, -0.05) is 36.4 Å². The maximum atomic E-state index is 13.2. The van der Waals surface area contributed by atoms with Crippen LogP contribution in [0.1, 0.15) is 36.0 Å². The smallest absolute Gasteiger partial charge is 0.232 e. The van der Waals surface area contributed by atoms with Gasteiger partial charge in [-0.05, 0) is 66.7 Å². The SMILES string of the molecule is Fc1ccc(CNC(=S)Nc2nc(N3CCCCC3)cc(N3CCc4ccccc4C3)n2)cc1. The van der Waals surface area contributed by atoms with Gasteiger partial charge in [0.1, 0.15) is 17.5 Å². The topological polar surface area (TPSA) is 56.3 Å². The predicted octanol–water partition coefficient (Wildman–Crippen LogP) is 4.66. The molecule has 2 aliphatic rings. The van der Waals surface area contributed by atoms with E-state index in [1.54, 1.807) is 12.1 Å². The number of hydrogen-bond acceptors (Lipinski definition) is 5. The molecule has 1 saturated heterocycles. The van der Waals surface area contributed by atoms with Crippen molar-refractivity contribution in [1.82, 2.24) is 15.3 Å². The molecule has 0 saturated carbocycles. The molecule has 34 heavy (non-hydrogen) atoms. The Kier molecular flexibility index (Phi) is 6.85. The van der Waals surface area contributed by atoms with Gasteiger partial charge >= 0.3 is 0 Å². The second-order valence-electron chi connectivity index (χ2n) is 8.83. The van der Waals surface area contributed by atoms with E-state index in [4.69, 9.17) is 22.2 Å². The van der Waals surface area contributed by atoms with Crippen LogP contribution < -0.4 is 20.4 Å². The highest BCUT2D eigenvalue weighted by molar-refractivity contribution is 7.80. The predicted molar refractivity (Wildman–Crippen MR) is 139 cm³/mol. The number of aromatic nitrogens is 2. The van der Waals surface area contributed by atoms with Crippen LogP contribution in [-0.2, 0) is 19.5 Å². The van der Waals surface area contributed by atoms with Gasteiger partial charge in [0.05, 0.1) is 0 Å². The molecule has 6 nitrogen and oxygen atoms in total.